The number of aromatic nitrogens is 2. The molecule has 1 aliphatic carbocycles. The summed E-state index contributed by atoms with van der Waals surface area (Å²) in [5, 5.41) is 3.98. The molecule has 1 unspecified atom stereocenters. The first-order valence-corrected chi connectivity index (χ1v) is 8.93. The summed E-state index contributed by atoms with van der Waals surface area (Å²) in [6, 6.07) is 6.03. The third-order valence-electron chi connectivity index (χ3n) is 5.10. The Labute approximate surface area is 147 Å². The summed E-state index contributed by atoms with van der Waals surface area (Å²) in [4.78, 5) is 21.4. The molecule has 2 aromatic heterocycles. The normalized spacial score (nSPS) is 20.1. The second-order valence-corrected chi connectivity index (χ2v) is 7.41. The number of nitrogens with zero attached hydrogens (tertiary/aromatic N) is 4. The highest BCUT2D eigenvalue weighted by atomic mass is 16.5. The molecule has 4 rings (SSSR count). The quantitative estimate of drug-likeness (QED) is 0.856. The number of amides is 1. The zero-order valence-electron chi connectivity index (χ0n) is 15.0. The van der Waals surface area contributed by atoms with Crippen LogP contribution in [0.2, 0.25) is 0 Å². The molecule has 1 amide bonds. The maximum atomic E-state index is 12.7. The number of hydrogen-bond acceptors (Lipinski definition) is 5. The van der Waals surface area contributed by atoms with Crippen molar-refractivity contribution in [2.75, 3.05) is 32.1 Å². The average molecular weight is 340 g/mol. The number of anilines is 1. The third kappa shape index (κ3) is 3.25. The van der Waals surface area contributed by atoms with Crippen molar-refractivity contribution >= 4 is 11.6 Å². The molecule has 6 heteroatoms. The van der Waals surface area contributed by atoms with E-state index in [9.17, 15) is 4.79 Å². The van der Waals surface area contributed by atoms with Gasteiger partial charge in [-0.3, -0.25) is 9.78 Å². The summed E-state index contributed by atoms with van der Waals surface area (Å²) < 4.78 is 5.32. The molecule has 2 aliphatic rings. The van der Waals surface area contributed by atoms with Crippen LogP contribution < -0.4 is 4.90 Å². The van der Waals surface area contributed by atoms with E-state index < -0.39 is 0 Å². The topological polar surface area (TPSA) is 62.5 Å². The Morgan fingerprint density at radius 1 is 1.20 bits per heavy atom. The van der Waals surface area contributed by atoms with Gasteiger partial charge in [-0.15, -0.1) is 0 Å². The van der Waals surface area contributed by atoms with Gasteiger partial charge in [-0.1, -0.05) is 5.16 Å². The fourth-order valence-electron chi connectivity index (χ4n) is 3.44. The predicted octanol–water partition coefficient (Wildman–Crippen LogP) is 2.95. The van der Waals surface area contributed by atoms with Gasteiger partial charge in [0.05, 0.1) is 0 Å². The summed E-state index contributed by atoms with van der Waals surface area (Å²) in [5.41, 5.74) is 3.67. The molecular formula is C19H24N4O2. The van der Waals surface area contributed by atoms with E-state index in [1.165, 1.54) is 0 Å². The van der Waals surface area contributed by atoms with Crippen LogP contribution in [0.25, 0.3) is 0 Å². The van der Waals surface area contributed by atoms with Crippen LogP contribution in [0.3, 0.4) is 0 Å². The molecule has 0 bridgehead atoms. The molecule has 0 radical (unpaired) electrons. The molecule has 132 valence electrons. The molecular weight excluding hydrogens is 316 g/mol. The number of rotatable bonds is 4. The van der Waals surface area contributed by atoms with Gasteiger partial charge in [0.2, 0.25) is 0 Å². The molecule has 1 saturated heterocycles. The van der Waals surface area contributed by atoms with E-state index in [2.05, 4.69) is 22.2 Å². The van der Waals surface area contributed by atoms with Crippen LogP contribution in [0.15, 0.2) is 22.7 Å². The van der Waals surface area contributed by atoms with E-state index in [4.69, 9.17) is 9.51 Å². The highest BCUT2D eigenvalue weighted by Gasteiger charge is 2.33. The van der Waals surface area contributed by atoms with Crippen molar-refractivity contribution in [1.29, 1.82) is 0 Å². The summed E-state index contributed by atoms with van der Waals surface area (Å²) >= 11 is 0. The first-order valence-electron chi connectivity index (χ1n) is 8.93. The lowest BCUT2D eigenvalue weighted by Gasteiger charge is -2.18. The highest BCUT2D eigenvalue weighted by molar-refractivity contribution is 5.92. The monoisotopic (exact) mass is 340 g/mol. The van der Waals surface area contributed by atoms with Gasteiger partial charge >= 0.3 is 0 Å². The fourth-order valence-corrected chi connectivity index (χ4v) is 3.44. The number of pyridine rings is 1. The van der Waals surface area contributed by atoms with Gasteiger partial charge in [-0.25, -0.2) is 0 Å². The summed E-state index contributed by atoms with van der Waals surface area (Å²) in [5.74, 6) is 1.58. The lowest BCUT2D eigenvalue weighted by atomic mass is 10.0. The molecule has 2 fully saturated rings. The zero-order chi connectivity index (χ0) is 17.6. The van der Waals surface area contributed by atoms with Crippen LogP contribution in [-0.2, 0) is 0 Å². The van der Waals surface area contributed by atoms with E-state index in [0.717, 1.165) is 48.6 Å². The molecule has 6 nitrogen and oxygen atoms in total. The lowest BCUT2D eigenvalue weighted by Crippen LogP contribution is -2.28. The minimum atomic E-state index is -0.0290. The van der Waals surface area contributed by atoms with E-state index >= 15 is 0 Å². The van der Waals surface area contributed by atoms with Crippen molar-refractivity contribution in [2.24, 2.45) is 0 Å². The maximum Gasteiger partial charge on any atom is 0.276 e. The molecule has 2 aromatic rings. The molecule has 25 heavy (non-hydrogen) atoms. The van der Waals surface area contributed by atoms with Crippen LogP contribution in [-0.4, -0.2) is 48.1 Å². The van der Waals surface area contributed by atoms with Gasteiger partial charge in [0.1, 0.15) is 5.76 Å². The second-order valence-electron chi connectivity index (χ2n) is 7.41. The largest absolute Gasteiger partial charge is 0.378 e. The van der Waals surface area contributed by atoms with Gasteiger partial charge in [0.15, 0.2) is 5.69 Å². The van der Waals surface area contributed by atoms with Gasteiger partial charge in [0.25, 0.3) is 5.91 Å². The molecule has 1 atom stereocenters. The molecule has 1 aliphatic heterocycles. The molecule has 3 heterocycles. The number of likely N-dealkylation sites (tertiary alicyclic amines) is 1. The van der Waals surface area contributed by atoms with Gasteiger partial charge in [0, 0.05) is 62.2 Å². The summed E-state index contributed by atoms with van der Waals surface area (Å²) in [7, 11) is 4.07. The molecule has 0 spiro atoms. The Bertz CT molecular complexity index is 794. The summed E-state index contributed by atoms with van der Waals surface area (Å²) in [6.07, 6.45) is 3.21. The Kier molecular flexibility index (Phi) is 3.98. The summed E-state index contributed by atoms with van der Waals surface area (Å²) in [6.45, 7) is 3.44. The van der Waals surface area contributed by atoms with Gasteiger partial charge < -0.3 is 14.3 Å². The Hall–Kier alpha value is -2.37. The SMILES string of the molecule is Cc1cc(N(C)C)cc(C2CCN(C(=O)c3cc(C4CC4)on3)C2)n1. The third-order valence-corrected chi connectivity index (χ3v) is 5.10. The Morgan fingerprint density at radius 2 is 2.00 bits per heavy atom. The van der Waals surface area contributed by atoms with Crippen LogP contribution >= 0.6 is 0 Å². The minimum absolute atomic E-state index is 0.0290. The first kappa shape index (κ1) is 16.1. The average Bonchev–Trinajstić information content (AvgIpc) is 3.12. The van der Waals surface area contributed by atoms with E-state index in [1.54, 1.807) is 0 Å². The Balaban J connectivity index is 1.48. The van der Waals surface area contributed by atoms with Crippen LogP contribution in [0.5, 0.6) is 0 Å². The van der Waals surface area contributed by atoms with Gasteiger partial charge in [-0.2, -0.15) is 0 Å². The number of carbonyl (C=O) groups excluding carboxylic acids is 1. The predicted molar refractivity (Wildman–Crippen MR) is 95.0 cm³/mol. The fraction of sp³-hybridized carbons (Fsp3) is 0.526. The number of carbonyl (C=O) groups is 1. The maximum absolute atomic E-state index is 12.7. The van der Waals surface area contributed by atoms with Crippen molar-refractivity contribution in [2.45, 2.75) is 38.0 Å². The van der Waals surface area contributed by atoms with Crippen molar-refractivity contribution in [1.82, 2.24) is 15.0 Å². The second kappa shape index (κ2) is 6.17. The van der Waals surface area contributed by atoms with Crippen molar-refractivity contribution in [3.8, 4) is 0 Å². The van der Waals surface area contributed by atoms with Crippen molar-refractivity contribution in [3.05, 3.63) is 41.0 Å². The smallest absolute Gasteiger partial charge is 0.276 e. The van der Waals surface area contributed by atoms with Gasteiger partial charge in [-0.05, 0) is 38.3 Å². The van der Waals surface area contributed by atoms with E-state index in [1.807, 2.05) is 32.0 Å². The molecule has 0 N–H and O–H groups in total. The lowest BCUT2D eigenvalue weighted by molar-refractivity contribution is 0.0780. The molecule has 1 saturated carbocycles. The van der Waals surface area contributed by atoms with Crippen molar-refractivity contribution in [3.63, 3.8) is 0 Å². The Morgan fingerprint density at radius 3 is 2.72 bits per heavy atom. The number of aryl methyl sites for hydroxylation is 1. The first-order chi connectivity index (χ1) is 12.0. The molecule has 0 aromatic carbocycles. The van der Waals surface area contributed by atoms with Crippen LogP contribution in [0, 0.1) is 6.92 Å². The minimum Gasteiger partial charge on any atom is -0.378 e. The standard InChI is InChI=1S/C19H24N4O2/c1-12-8-15(22(2)3)9-16(20-12)14-6-7-23(11-14)19(24)17-10-18(25-21-17)13-4-5-13/h8-10,13-14H,4-7,11H2,1-3H3. The van der Waals surface area contributed by atoms with Crippen molar-refractivity contribution < 1.29 is 9.32 Å². The van der Waals surface area contributed by atoms with Crippen LogP contribution in [0.4, 0.5) is 5.69 Å². The van der Waals surface area contributed by atoms with E-state index in [0.29, 0.717) is 18.2 Å². The number of hydrogen-bond donors (Lipinski definition) is 0. The van der Waals surface area contributed by atoms with Crippen LogP contribution in [0.1, 0.15) is 58.7 Å². The van der Waals surface area contributed by atoms with E-state index in [-0.39, 0.29) is 11.8 Å². The highest BCUT2D eigenvalue weighted by Crippen LogP contribution is 2.40. The zero-order valence-corrected chi connectivity index (χ0v) is 15.0.